The summed E-state index contributed by atoms with van der Waals surface area (Å²) in [6.45, 7) is 0.736. The summed E-state index contributed by atoms with van der Waals surface area (Å²) in [5.41, 5.74) is 10.9. The Balaban J connectivity index is 1.63. The van der Waals surface area contributed by atoms with Crippen molar-refractivity contribution < 1.29 is 4.79 Å². The molecule has 0 atom stereocenters. The zero-order valence-electron chi connectivity index (χ0n) is 16.2. The SMILES string of the molecule is CN(C)Cc1cncc(NC(=O)c2n[nH]c3ccc(-c4cncc(N)c4)cc23)c1. The molecule has 0 radical (unpaired) electrons. The largest absolute Gasteiger partial charge is 0.397 e. The van der Waals surface area contributed by atoms with Crippen molar-refractivity contribution in [2.24, 2.45) is 0 Å². The molecule has 1 amide bonds. The molecular weight excluding hydrogens is 366 g/mol. The topological polar surface area (TPSA) is 113 Å². The van der Waals surface area contributed by atoms with Crippen LogP contribution in [-0.2, 0) is 6.54 Å². The molecule has 0 aliphatic rings. The second-order valence-electron chi connectivity index (χ2n) is 7.11. The van der Waals surface area contributed by atoms with E-state index in [1.165, 1.54) is 0 Å². The molecule has 0 unspecified atom stereocenters. The molecule has 8 heteroatoms. The Hall–Kier alpha value is -3.78. The number of fused-ring (bicyclic) bond motifs is 1. The molecule has 0 fully saturated rings. The smallest absolute Gasteiger partial charge is 0.276 e. The molecule has 4 N–H and O–H groups in total. The summed E-state index contributed by atoms with van der Waals surface area (Å²) in [5, 5.41) is 10.7. The van der Waals surface area contributed by atoms with Gasteiger partial charge in [0.05, 0.1) is 23.1 Å². The number of aromatic amines is 1. The average molecular weight is 387 g/mol. The van der Waals surface area contributed by atoms with Crippen molar-refractivity contribution in [3.63, 3.8) is 0 Å². The molecule has 0 aliphatic carbocycles. The van der Waals surface area contributed by atoms with Gasteiger partial charge in [-0.3, -0.25) is 19.9 Å². The number of hydrogen-bond donors (Lipinski definition) is 3. The maximum absolute atomic E-state index is 12.9. The van der Waals surface area contributed by atoms with Gasteiger partial charge in [-0.1, -0.05) is 6.07 Å². The fourth-order valence-corrected chi connectivity index (χ4v) is 3.18. The van der Waals surface area contributed by atoms with E-state index in [2.05, 4.69) is 25.5 Å². The van der Waals surface area contributed by atoms with Crippen molar-refractivity contribution in [1.82, 2.24) is 25.1 Å². The zero-order valence-corrected chi connectivity index (χ0v) is 16.2. The number of nitrogen functional groups attached to an aromatic ring is 1. The van der Waals surface area contributed by atoms with Crippen LogP contribution in [0, 0.1) is 0 Å². The average Bonchev–Trinajstić information content (AvgIpc) is 3.11. The van der Waals surface area contributed by atoms with Crippen LogP contribution < -0.4 is 11.1 Å². The van der Waals surface area contributed by atoms with Gasteiger partial charge in [-0.05, 0) is 49.5 Å². The molecule has 3 heterocycles. The lowest BCUT2D eigenvalue weighted by Gasteiger charge is -2.10. The highest BCUT2D eigenvalue weighted by Gasteiger charge is 2.16. The van der Waals surface area contributed by atoms with Crippen molar-refractivity contribution in [1.29, 1.82) is 0 Å². The van der Waals surface area contributed by atoms with E-state index < -0.39 is 0 Å². The fraction of sp³-hybridized carbons (Fsp3) is 0.143. The van der Waals surface area contributed by atoms with Gasteiger partial charge in [0.1, 0.15) is 0 Å². The van der Waals surface area contributed by atoms with E-state index in [9.17, 15) is 4.79 Å². The first kappa shape index (κ1) is 18.6. The van der Waals surface area contributed by atoms with Gasteiger partial charge in [0.15, 0.2) is 5.69 Å². The summed E-state index contributed by atoms with van der Waals surface area (Å²) in [7, 11) is 3.96. The molecule has 0 saturated carbocycles. The summed E-state index contributed by atoms with van der Waals surface area (Å²) >= 11 is 0. The van der Waals surface area contributed by atoms with E-state index in [1.54, 1.807) is 24.8 Å². The highest BCUT2D eigenvalue weighted by molar-refractivity contribution is 6.11. The van der Waals surface area contributed by atoms with E-state index in [4.69, 9.17) is 5.73 Å². The standard InChI is InChI=1S/C21H21N7O/c1-28(2)12-13-5-17(11-23-8-13)25-21(29)20-18-7-14(3-4-19(18)26-27-20)15-6-16(22)10-24-9-15/h3-11H,12,22H2,1-2H3,(H,25,29)(H,26,27). The number of pyridine rings is 2. The van der Waals surface area contributed by atoms with Gasteiger partial charge in [-0.25, -0.2) is 0 Å². The first-order valence-electron chi connectivity index (χ1n) is 9.08. The minimum atomic E-state index is -0.303. The van der Waals surface area contributed by atoms with E-state index in [1.807, 2.05) is 49.3 Å². The number of carbonyl (C=O) groups excluding carboxylic acids is 1. The van der Waals surface area contributed by atoms with Crippen LogP contribution in [0.3, 0.4) is 0 Å². The third kappa shape index (κ3) is 4.07. The lowest BCUT2D eigenvalue weighted by molar-refractivity contribution is 0.102. The number of nitrogens with one attached hydrogen (secondary N) is 2. The summed E-state index contributed by atoms with van der Waals surface area (Å²) < 4.78 is 0. The summed E-state index contributed by atoms with van der Waals surface area (Å²) in [6, 6.07) is 9.48. The Bertz CT molecular complexity index is 1180. The second-order valence-corrected chi connectivity index (χ2v) is 7.11. The summed E-state index contributed by atoms with van der Waals surface area (Å²) in [6.07, 6.45) is 6.73. The van der Waals surface area contributed by atoms with Gasteiger partial charge in [-0.2, -0.15) is 5.10 Å². The quantitative estimate of drug-likeness (QED) is 0.485. The number of benzene rings is 1. The molecule has 1 aromatic carbocycles. The van der Waals surface area contributed by atoms with Gasteiger partial charge in [0, 0.05) is 36.1 Å². The van der Waals surface area contributed by atoms with Gasteiger partial charge >= 0.3 is 0 Å². The Morgan fingerprint density at radius 1 is 1.07 bits per heavy atom. The molecule has 29 heavy (non-hydrogen) atoms. The molecule has 0 spiro atoms. The number of aromatic nitrogens is 4. The number of H-pyrrole nitrogens is 1. The minimum absolute atomic E-state index is 0.303. The molecular formula is C21H21N7O. The number of nitrogens with two attached hydrogens (primary N) is 1. The number of amides is 1. The molecule has 4 rings (SSSR count). The number of nitrogens with zero attached hydrogens (tertiary/aromatic N) is 4. The highest BCUT2D eigenvalue weighted by atomic mass is 16.1. The molecule has 0 saturated heterocycles. The third-order valence-electron chi connectivity index (χ3n) is 4.42. The van der Waals surface area contributed by atoms with Crippen LogP contribution in [0.2, 0.25) is 0 Å². The van der Waals surface area contributed by atoms with Crippen LogP contribution in [0.25, 0.3) is 22.0 Å². The second kappa shape index (κ2) is 7.69. The van der Waals surface area contributed by atoms with E-state index in [-0.39, 0.29) is 5.91 Å². The van der Waals surface area contributed by atoms with Gasteiger partial charge in [0.2, 0.25) is 0 Å². The lowest BCUT2D eigenvalue weighted by Crippen LogP contribution is -2.14. The number of hydrogen-bond acceptors (Lipinski definition) is 6. The molecule has 0 aliphatic heterocycles. The molecule has 0 bridgehead atoms. The van der Waals surface area contributed by atoms with E-state index >= 15 is 0 Å². The van der Waals surface area contributed by atoms with Gasteiger partial charge < -0.3 is 16.0 Å². The van der Waals surface area contributed by atoms with Crippen molar-refractivity contribution >= 4 is 28.2 Å². The number of carbonyl (C=O) groups is 1. The molecule has 146 valence electrons. The molecule has 4 aromatic rings. The van der Waals surface area contributed by atoms with Crippen LogP contribution in [-0.4, -0.2) is 45.1 Å². The number of rotatable bonds is 5. The predicted octanol–water partition coefficient (Wildman–Crippen LogP) is 2.92. The fourth-order valence-electron chi connectivity index (χ4n) is 3.18. The zero-order chi connectivity index (χ0) is 20.4. The minimum Gasteiger partial charge on any atom is -0.397 e. The Kier molecular flexibility index (Phi) is 4.92. The van der Waals surface area contributed by atoms with Gasteiger partial charge in [0.25, 0.3) is 5.91 Å². The van der Waals surface area contributed by atoms with E-state index in [0.29, 0.717) is 17.1 Å². The highest BCUT2D eigenvalue weighted by Crippen LogP contribution is 2.26. The maximum atomic E-state index is 12.9. The first-order valence-corrected chi connectivity index (χ1v) is 9.08. The molecule has 3 aromatic heterocycles. The van der Waals surface area contributed by atoms with Crippen LogP contribution in [0.4, 0.5) is 11.4 Å². The third-order valence-corrected chi connectivity index (χ3v) is 4.42. The van der Waals surface area contributed by atoms with Crippen molar-refractivity contribution in [2.75, 3.05) is 25.1 Å². The lowest BCUT2D eigenvalue weighted by atomic mass is 10.0. The van der Waals surface area contributed by atoms with Crippen LogP contribution >= 0.6 is 0 Å². The van der Waals surface area contributed by atoms with Gasteiger partial charge in [-0.15, -0.1) is 0 Å². The Morgan fingerprint density at radius 2 is 1.90 bits per heavy atom. The van der Waals surface area contributed by atoms with E-state index in [0.717, 1.165) is 34.1 Å². The van der Waals surface area contributed by atoms with Crippen LogP contribution in [0.15, 0.2) is 55.1 Å². The van der Waals surface area contributed by atoms with Crippen LogP contribution in [0.1, 0.15) is 16.1 Å². The Labute approximate surface area is 167 Å². The van der Waals surface area contributed by atoms with Crippen LogP contribution in [0.5, 0.6) is 0 Å². The summed E-state index contributed by atoms with van der Waals surface area (Å²) in [5.74, 6) is -0.303. The monoisotopic (exact) mass is 387 g/mol. The van der Waals surface area contributed by atoms with Crippen molar-refractivity contribution in [2.45, 2.75) is 6.54 Å². The molecule has 8 nitrogen and oxygen atoms in total. The maximum Gasteiger partial charge on any atom is 0.276 e. The van der Waals surface area contributed by atoms with Crippen molar-refractivity contribution in [3.05, 3.63) is 66.4 Å². The van der Waals surface area contributed by atoms with Crippen molar-refractivity contribution in [3.8, 4) is 11.1 Å². The normalized spacial score (nSPS) is 11.1. The first-order chi connectivity index (χ1) is 14.0. The Morgan fingerprint density at radius 3 is 2.69 bits per heavy atom. The predicted molar refractivity (Wildman–Crippen MR) is 113 cm³/mol. The number of anilines is 2. The summed E-state index contributed by atoms with van der Waals surface area (Å²) in [4.78, 5) is 23.2.